The van der Waals surface area contributed by atoms with E-state index in [-0.39, 0.29) is 25.2 Å². The van der Waals surface area contributed by atoms with Crippen LogP contribution in [-0.4, -0.2) is 36.9 Å². The van der Waals surface area contributed by atoms with E-state index < -0.39 is 0 Å². The highest BCUT2D eigenvalue weighted by atomic mass is 16.5. The molecule has 0 aliphatic carbocycles. The van der Waals surface area contributed by atoms with Gasteiger partial charge in [-0.05, 0) is 26.7 Å². The second-order valence-corrected chi connectivity index (χ2v) is 3.14. The molecule has 0 heterocycles. The van der Waals surface area contributed by atoms with Crippen molar-refractivity contribution in [2.24, 2.45) is 0 Å². The van der Waals surface area contributed by atoms with E-state index in [4.69, 9.17) is 9.84 Å². The first-order chi connectivity index (χ1) is 6.16. The van der Waals surface area contributed by atoms with Crippen molar-refractivity contribution in [3.05, 3.63) is 0 Å². The molecule has 0 fully saturated rings. The molecule has 0 rings (SSSR count). The molecule has 0 bridgehead atoms. The van der Waals surface area contributed by atoms with Crippen molar-refractivity contribution in [3.8, 4) is 0 Å². The molecule has 4 nitrogen and oxygen atoms in total. The number of amides is 1. The lowest BCUT2D eigenvalue weighted by atomic mass is 10.3. The molecule has 0 atom stereocenters. The number of ether oxygens (including phenoxy) is 1. The van der Waals surface area contributed by atoms with Crippen molar-refractivity contribution in [1.82, 2.24) is 5.32 Å². The van der Waals surface area contributed by atoms with E-state index in [9.17, 15) is 4.79 Å². The zero-order chi connectivity index (χ0) is 10.1. The Hall–Kier alpha value is -0.610. The molecule has 13 heavy (non-hydrogen) atoms. The van der Waals surface area contributed by atoms with Crippen molar-refractivity contribution in [2.45, 2.75) is 32.8 Å². The van der Waals surface area contributed by atoms with Gasteiger partial charge < -0.3 is 15.2 Å². The Bertz CT molecular complexity index is 137. The third-order valence-corrected chi connectivity index (χ3v) is 1.45. The van der Waals surface area contributed by atoms with Crippen molar-refractivity contribution < 1.29 is 14.6 Å². The van der Waals surface area contributed by atoms with Crippen LogP contribution in [0.25, 0.3) is 0 Å². The molecule has 0 aliphatic rings. The largest absolute Gasteiger partial charge is 0.396 e. The quantitative estimate of drug-likeness (QED) is 0.566. The fourth-order valence-corrected chi connectivity index (χ4v) is 0.758. The molecule has 0 saturated heterocycles. The molecular formula is C9H19NO3. The Morgan fingerprint density at radius 2 is 2.15 bits per heavy atom. The van der Waals surface area contributed by atoms with Gasteiger partial charge in [0.15, 0.2) is 0 Å². The summed E-state index contributed by atoms with van der Waals surface area (Å²) >= 11 is 0. The third-order valence-electron chi connectivity index (χ3n) is 1.45. The lowest BCUT2D eigenvalue weighted by Crippen LogP contribution is -2.29. The van der Waals surface area contributed by atoms with Crippen molar-refractivity contribution >= 4 is 5.91 Å². The minimum atomic E-state index is -0.0911. The van der Waals surface area contributed by atoms with E-state index in [1.807, 2.05) is 13.8 Å². The zero-order valence-electron chi connectivity index (χ0n) is 8.38. The SMILES string of the molecule is CC(C)OCC(=O)NCCCCO. The Morgan fingerprint density at radius 3 is 2.69 bits per heavy atom. The summed E-state index contributed by atoms with van der Waals surface area (Å²) < 4.78 is 5.10. The normalized spacial score (nSPS) is 10.5. The molecule has 78 valence electrons. The molecule has 4 heteroatoms. The van der Waals surface area contributed by atoms with Gasteiger partial charge in [-0.25, -0.2) is 0 Å². The van der Waals surface area contributed by atoms with Crippen LogP contribution in [-0.2, 0) is 9.53 Å². The van der Waals surface area contributed by atoms with Gasteiger partial charge in [0, 0.05) is 13.2 Å². The van der Waals surface area contributed by atoms with Crippen LogP contribution < -0.4 is 5.32 Å². The van der Waals surface area contributed by atoms with E-state index in [0.29, 0.717) is 6.54 Å². The standard InChI is InChI=1S/C9H19NO3/c1-8(2)13-7-9(12)10-5-3-4-6-11/h8,11H,3-7H2,1-2H3,(H,10,12). The average Bonchev–Trinajstić information content (AvgIpc) is 2.09. The summed E-state index contributed by atoms with van der Waals surface area (Å²) in [4.78, 5) is 11.0. The molecular weight excluding hydrogens is 170 g/mol. The number of nitrogens with one attached hydrogen (secondary N) is 1. The molecule has 0 spiro atoms. The second kappa shape index (κ2) is 8.01. The molecule has 0 unspecified atom stereocenters. The third kappa shape index (κ3) is 9.30. The number of hydrogen-bond donors (Lipinski definition) is 2. The first-order valence-electron chi connectivity index (χ1n) is 4.66. The lowest BCUT2D eigenvalue weighted by Gasteiger charge is -2.07. The smallest absolute Gasteiger partial charge is 0.246 e. The van der Waals surface area contributed by atoms with Gasteiger partial charge >= 0.3 is 0 Å². The van der Waals surface area contributed by atoms with Crippen LogP contribution in [0, 0.1) is 0 Å². The highest BCUT2D eigenvalue weighted by molar-refractivity contribution is 5.77. The van der Waals surface area contributed by atoms with Gasteiger partial charge in [0.25, 0.3) is 0 Å². The summed E-state index contributed by atoms with van der Waals surface area (Å²) in [5, 5.41) is 11.2. The summed E-state index contributed by atoms with van der Waals surface area (Å²) in [6.07, 6.45) is 1.62. The predicted octanol–water partition coefficient (Wildman–Crippen LogP) is 0.300. The first kappa shape index (κ1) is 12.4. The maximum absolute atomic E-state index is 11.0. The number of hydrogen-bond acceptors (Lipinski definition) is 3. The number of carbonyl (C=O) groups is 1. The molecule has 0 saturated carbocycles. The summed E-state index contributed by atoms with van der Waals surface area (Å²) in [6.45, 7) is 4.69. The monoisotopic (exact) mass is 189 g/mol. The topological polar surface area (TPSA) is 58.6 Å². The van der Waals surface area contributed by atoms with E-state index in [2.05, 4.69) is 5.32 Å². The van der Waals surface area contributed by atoms with Gasteiger partial charge in [-0.3, -0.25) is 4.79 Å². The Morgan fingerprint density at radius 1 is 1.46 bits per heavy atom. The zero-order valence-corrected chi connectivity index (χ0v) is 8.38. The highest BCUT2D eigenvalue weighted by Gasteiger charge is 2.01. The van der Waals surface area contributed by atoms with Crippen LogP contribution >= 0.6 is 0 Å². The van der Waals surface area contributed by atoms with Crippen molar-refractivity contribution in [3.63, 3.8) is 0 Å². The van der Waals surface area contributed by atoms with Crippen molar-refractivity contribution in [1.29, 1.82) is 0 Å². The molecule has 0 aromatic rings. The van der Waals surface area contributed by atoms with Crippen LogP contribution in [0.5, 0.6) is 0 Å². The van der Waals surface area contributed by atoms with E-state index in [1.165, 1.54) is 0 Å². The fourth-order valence-electron chi connectivity index (χ4n) is 0.758. The molecule has 0 aromatic carbocycles. The van der Waals surface area contributed by atoms with Gasteiger partial charge in [0.05, 0.1) is 6.10 Å². The average molecular weight is 189 g/mol. The molecule has 0 aromatic heterocycles. The second-order valence-electron chi connectivity index (χ2n) is 3.14. The van der Waals surface area contributed by atoms with Gasteiger partial charge in [0.1, 0.15) is 6.61 Å². The number of aliphatic hydroxyl groups excluding tert-OH is 1. The Labute approximate surface area is 79.3 Å². The highest BCUT2D eigenvalue weighted by Crippen LogP contribution is 1.87. The number of rotatable bonds is 7. The molecule has 1 amide bonds. The number of aliphatic hydroxyl groups is 1. The molecule has 0 aliphatic heterocycles. The summed E-state index contributed by atoms with van der Waals surface area (Å²) in [7, 11) is 0. The molecule has 2 N–H and O–H groups in total. The summed E-state index contributed by atoms with van der Waals surface area (Å²) in [5.74, 6) is -0.0911. The lowest BCUT2D eigenvalue weighted by molar-refractivity contribution is -0.127. The first-order valence-corrected chi connectivity index (χ1v) is 4.66. The Balaban J connectivity index is 3.20. The Kier molecular flexibility index (Phi) is 7.63. The molecule has 0 radical (unpaired) electrons. The van der Waals surface area contributed by atoms with Gasteiger partial charge in [-0.15, -0.1) is 0 Å². The number of carbonyl (C=O) groups excluding carboxylic acids is 1. The van der Waals surface area contributed by atoms with Crippen LogP contribution in [0.15, 0.2) is 0 Å². The van der Waals surface area contributed by atoms with Crippen molar-refractivity contribution in [2.75, 3.05) is 19.8 Å². The summed E-state index contributed by atoms with van der Waals surface area (Å²) in [5.41, 5.74) is 0. The van der Waals surface area contributed by atoms with Gasteiger partial charge in [0.2, 0.25) is 5.91 Å². The predicted molar refractivity (Wildman–Crippen MR) is 50.4 cm³/mol. The van der Waals surface area contributed by atoms with Crippen LogP contribution in [0.2, 0.25) is 0 Å². The van der Waals surface area contributed by atoms with Crippen LogP contribution in [0.4, 0.5) is 0 Å². The fraction of sp³-hybridized carbons (Fsp3) is 0.889. The van der Waals surface area contributed by atoms with E-state index >= 15 is 0 Å². The van der Waals surface area contributed by atoms with Crippen LogP contribution in [0.3, 0.4) is 0 Å². The van der Waals surface area contributed by atoms with E-state index in [0.717, 1.165) is 12.8 Å². The maximum atomic E-state index is 11.0. The minimum Gasteiger partial charge on any atom is -0.396 e. The minimum absolute atomic E-state index is 0.0863. The maximum Gasteiger partial charge on any atom is 0.246 e. The number of unbranched alkanes of at least 4 members (excludes halogenated alkanes) is 1. The van der Waals surface area contributed by atoms with E-state index in [1.54, 1.807) is 0 Å². The van der Waals surface area contributed by atoms with Gasteiger partial charge in [-0.2, -0.15) is 0 Å². The summed E-state index contributed by atoms with van der Waals surface area (Å²) in [6, 6.07) is 0. The van der Waals surface area contributed by atoms with Crippen LogP contribution in [0.1, 0.15) is 26.7 Å². The van der Waals surface area contributed by atoms with Gasteiger partial charge in [-0.1, -0.05) is 0 Å².